The zero-order chi connectivity index (χ0) is 16.1. The molecule has 0 bridgehead atoms. The van der Waals surface area contributed by atoms with Crippen LogP contribution in [0.5, 0.6) is 0 Å². The van der Waals surface area contributed by atoms with Crippen molar-refractivity contribution in [2.24, 2.45) is 5.92 Å². The second-order valence-electron chi connectivity index (χ2n) is 6.01. The number of para-hydroxylation sites is 1. The Bertz CT molecular complexity index is 603. The van der Waals surface area contributed by atoms with E-state index in [0.717, 1.165) is 18.5 Å². The summed E-state index contributed by atoms with van der Waals surface area (Å²) in [5.74, 6) is -0.320. The molecule has 1 saturated carbocycles. The van der Waals surface area contributed by atoms with Crippen LogP contribution in [0.4, 0.5) is 5.69 Å². The van der Waals surface area contributed by atoms with Crippen molar-refractivity contribution in [1.29, 1.82) is 0 Å². The highest BCUT2D eigenvalue weighted by Gasteiger charge is 2.33. The van der Waals surface area contributed by atoms with Crippen molar-refractivity contribution in [2.45, 2.75) is 32.1 Å². The fourth-order valence-corrected chi connectivity index (χ4v) is 2.99. The molecule has 1 N–H and O–H groups in total. The van der Waals surface area contributed by atoms with E-state index in [4.69, 9.17) is 9.47 Å². The van der Waals surface area contributed by atoms with E-state index in [1.165, 1.54) is 19.3 Å². The van der Waals surface area contributed by atoms with Gasteiger partial charge < -0.3 is 14.8 Å². The Morgan fingerprint density at radius 2 is 1.91 bits per heavy atom. The van der Waals surface area contributed by atoms with Gasteiger partial charge in [-0.25, -0.2) is 4.79 Å². The van der Waals surface area contributed by atoms with Crippen molar-refractivity contribution in [3.63, 3.8) is 0 Å². The van der Waals surface area contributed by atoms with Crippen molar-refractivity contribution >= 4 is 17.4 Å². The average molecular weight is 315 g/mol. The summed E-state index contributed by atoms with van der Waals surface area (Å²) in [4.78, 5) is 24.2. The minimum Gasteiger partial charge on any atom is -0.470 e. The molecule has 0 unspecified atom stereocenters. The fraction of sp³-hybridized carbons (Fsp3) is 0.444. The summed E-state index contributed by atoms with van der Waals surface area (Å²) < 4.78 is 10.7. The van der Waals surface area contributed by atoms with Crippen LogP contribution in [0.15, 0.2) is 41.8 Å². The number of ether oxygens (including phenoxy) is 2. The maximum absolute atomic E-state index is 12.3. The van der Waals surface area contributed by atoms with Gasteiger partial charge in [0, 0.05) is 5.69 Å². The first-order chi connectivity index (χ1) is 11.2. The van der Waals surface area contributed by atoms with Gasteiger partial charge in [0.1, 0.15) is 0 Å². The first-order valence-corrected chi connectivity index (χ1v) is 8.13. The van der Waals surface area contributed by atoms with Gasteiger partial charge in [0.25, 0.3) is 0 Å². The van der Waals surface area contributed by atoms with Gasteiger partial charge >= 0.3 is 5.97 Å². The first-order valence-electron chi connectivity index (χ1n) is 8.13. The summed E-state index contributed by atoms with van der Waals surface area (Å²) >= 11 is 0. The summed E-state index contributed by atoms with van der Waals surface area (Å²) in [6, 6.07) is 9.29. The summed E-state index contributed by atoms with van der Waals surface area (Å²) in [5, 5.41) is 2.98. The Kier molecular flexibility index (Phi) is 4.95. The number of Topliss-reactive ketones (excluding diaryl/α,β-unsaturated/α-hetero) is 1. The smallest absolute Gasteiger partial charge is 0.347 e. The predicted molar refractivity (Wildman–Crippen MR) is 85.6 cm³/mol. The molecule has 1 aromatic rings. The number of ketones is 1. The average Bonchev–Trinajstić information content (AvgIpc) is 2.95. The number of hydrogen-bond acceptors (Lipinski definition) is 5. The number of carbonyl (C=O) groups is 2. The Morgan fingerprint density at radius 3 is 2.65 bits per heavy atom. The number of anilines is 1. The normalized spacial score (nSPS) is 18.7. The third kappa shape index (κ3) is 3.92. The standard InChI is InChI=1S/C18H21NO4/c20-15-12-22-17(19-14-9-5-2-6-10-14)16(15)18(21)23-11-13-7-3-1-4-8-13/h2,5-6,9-10,13,19H,1,3-4,7-8,11-12H2. The van der Waals surface area contributed by atoms with Crippen molar-refractivity contribution < 1.29 is 19.1 Å². The molecule has 0 saturated heterocycles. The summed E-state index contributed by atoms with van der Waals surface area (Å²) in [7, 11) is 0. The molecular weight excluding hydrogens is 294 g/mol. The van der Waals surface area contributed by atoms with Gasteiger partial charge in [-0.05, 0) is 30.9 Å². The van der Waals surface area contributed by atoms with Crippen LogP contribution in [-0.2, 0) is 19.1 Å². The van der Waals surface area contributed by atoms with Crippen molar-refractivity contribution in [3.8, 4) is 0 Å². The van der Waals surface area contributed by atoms with Crippen LogP contribution in [0.25, 0.3) is 0 Å². The van der Waals surface area contributed by atoms with Gasteiger partial charge in [-0.3, -0.25) is 4.79 Å². The molecule has 23 heavy (non-hydrogen) atoms. The van der Waals surface area contributed by atoms with E-state index >= 15 is 0 Å². The summed E-state index contributed by atoms with van der Waals surface area (Å²) in [6.07, 6.45) is 5.81. The largest absolute Gasteiger partial charge is 0.470 e. The molecule has 5 heteroatoms. The van der Waals surface area contributed by atoms with Crippen molar-refractivity contribution in [1.82, 2.24) is 0 Å². The molecule has 0 amide bonds. The van der Waals surface area contributed by atoms with Crippen molar-refractivity contribution in [3.05, 3.63) is 41.8 Å². The number of rotatable bonds is 5. The van der Waals surface area contributed by atoms with Crippen LogP contribution < -0.4 is 5.32 Å². The van der Waals surface area contributed by atoms with E-state index in [0.29, 0.717) is 12.5 Å². The minimum atomic E-state index is -0.587. The van der Waals surface area contributed by atoms with Crippen LogP contribution in [0.2, 0.25) is 0 Å². The Hall–Kier alpha value is -2.30. The first kappa shape index (κ1) is 15.6. The molecule has 5 nitrogen and oxygen atoms in total. The molecule has 1 fully saturated rings. The molecule has 1 aliphatic heterocycles. The second kappa shape index (κ2) is 7.31. The van der Waals surface area contributed by atoms with Gasteiger partial charge in [0.05, 0.1) is 6.61 Å². The monoisotopic (exact) mass is 315 g/mol. The van der Waals surface area contributed by atoms with Gasteiger partial charge in [0.2, 0.25) is 11.7 Å². The molecule has 1 aromatic carbocycles. The molecule has 2 aliphatic rings. The van der Waals surface area contributed by atoms with Crippen LogP contribution in [0.1, 0.15) is 32.1 Å². The van der Waals surface area contributed by atoms with Gasteiger partial charge in [0.15, 0.2) is 12.2 Å². The minimum absolute atomic E-state index is 0.00957. The molecule has 0 aromatic heterocycles. The molecular formula is C18H21NO4. The SMILES string of the molecule is O=C1COC(Nc2ccccc2)=C1C(=O)OCC1CCCCC1. The zero-order valence-electron chi connectivity index (χ0n) is 13.0. The highest BCUT2D eigenvalue weighted by atomic mass is 16.5. The fourth-order valence-electron chi connectivity index (χ4n) is 2.99. The highest BCUT2D eigenvalue weighted by molar-refractivity contribution is 6.19. The lowest BCUT2D eigenvalue weighted by Crippen LogP contribution is -2.21. The zero-order valence-corrected chi connectivity index (χ0v) is 13.0. The van der Waals surface area contributed by atoms with Gasteiger partial charge in [-0.1, -0.05) is 37.5 Å². The molecule has 0 radical (unpaired) electrons. The highest BCUT2D eigenvalue weighted by Crippen LogP contribution is 2.25. The van der Waals surface area contributed by atoms with E-state index in [1.807, 2.05) is 30.3 Å². The van der Waals surface area contributed by atoms with E-state index in [-0.39, 0.29) is 23.8 Å². The quantitative estimate of drug-likeness (QED) is 0.668. The molecule has 0 spiro atoms. The maximum atomic E-state index is 12.3. The number of nitrogens with one attached hydrogen (secondary N) is 1. The van der Waals surface area contributed by atoms with Gasteiger partial charge in [-0.15, -0.1) is 0 Å². The Balaban J connectivity index is 1.65. The topological polar surface area (TPSA) is 64.6 Å². The number of benzene rings is 1. The van der Waals surface area contributed by atoms with Crippen LogP contribution in [0.3, 0.4) is 0 Å². The number of esters is 1. The lowest BCUT2D eigenvalue weighted by Gasteiger charge is -2.21. The molecule has 0 atom stereocenters. The lowest BCUT2D eigenvalue weighted by molar-refractivity contribution is -0.141. The van der Waals surface area contributed by atoms with E-state index in [9.17, 15) is 9.59 Å². The van der Waals surface area contributed by atoms with Crippen molar-refractivity contribution in [2.75, 3.05) is 18.5 Å². The van der Waals surface area contributed by atoms with Crippen LogP contribution in [-0.4, -0.2) is 25.0 Å². The molecule has 1 heterocycles. The van der Waals surface area contributed by atoms with E-state index in [2.05, 4.69) is 5.32 Å². The Labute approximate surface area is 135 Å². The third-order valence-electron chi connectivity index (χ3n) is 4.26. The van der Waals surface area contributed by atoms with E-state index < -0.39 is 5.97 Å². The second-order valence-corrected chi connectivity index (χ2v) is 6.01. The summed E-state index contributed by atoms with van der Waals surface area (Å²) in [6.45, 7) is 0.261. The van der Waals surface area contributed by atoms with Gasteiger partial charge in [-0.2, -0.15) is 0 Å². The molecule has 1 aliphatic carbocycles. The Morgan fingerprint density at radius 1 is 1.17 bits per heavy atom. The number of carbonyl (C=O) groups excluding carboxylic acids is 2. The summed E-state index contributed by atoms with van der Waals surface area (Å²) in [5.41, 5.74) is 0.749. The predicted octanol–water partition coefficient (Wildman–Crippen LogP) is 3.03. The number of hydrogen-bond donors (Lipinski definition) is 1. The third-order valence-corrected chi connectivity index (χ3v) is 4.26. The molecule has 3 rings (SSSR count). The van der Waals surface area contributed by atoms with Crippen LogP contribution in [0, 0.1) is 5.92 Å². The van der Waals surface area contributed by atoms with E-state index in [1.54, 1.807) is 0 Å². The molecule has 122 valence electrons. The van der Waals surface area contributed by atoms with Crippen LogP contribution >= 0.6 is 0 Å². The lowest BCUT2D eigenvalue weighted by atomic mass is 9.90. The maximum Gasteiger partial charge on any atom is 0.347 e.